The maximum atomic E-state index is 12.3. The summed E-state index contributed by atoms with van der Waals surface area (Å²) in [7, 11) is -3.63. The zero-order valence-corrected chi connectivity index (χ0v) is 13.4. The fourth-order valence-corrected chi connectivity index (χ4v) is 2.69. The van der Waals surface area contributed by atoms with Crippen molar-refractivity contribution >= 4 is 27.4 Å². The van der Waals surface area contributed by atoms with Gasteiger partial charge in [-0.25, -0.2) is 13.2 Å². The largest absolute Gasteiger partial charge is 0.478 e. The SMILES string of the molecule is Cc1noc(C)c1C(=O)Nc1cc(C(=O)O)cc(S(C)(=O)=O)c1. The minimum Gasteiger partial charge on any atom is -0.478 e. The number of anilines is 1. The van der Waals surface area contributed by atoms with Crippen molar-refractivity contribution in [1.82, 2.24) is 5.16 Å². The quantitative estimate of drug-likeness (QED) is 0.867. The number of amides is 1. The highest BCUT2D eigenvalue weighted by Gasteiger charge is 2.19. The van der Waals surface area contributed by atoms with E-state index < -0.39 is 21.7 Å². The van der Waals surface area contributed by atoms with E-state index in [2.05, 4.69) is 10.5 Å². The molecule has 1 aromatic carbocycles. The summed E-state index contributed by atoms with van der Waals surface area (Å²) >= 11 is 0. The number of benzene rings is 1. The predicted molar refractivity (Wildman–Crippen MR) is 80.4 cm³/mol. The van der Waals surface area contributed by atoms with Crippen molar-refractivity contribution < 1.29 is 27.6 Å². The lowest BCUT2D eigenvalue weighted by Crippen LogP contribution is -2.15. The topological polar surface area (TPSA) is 127 Å². The molecule has 0 aliphatic carbocycles. The average molecular weight is 338 g/mol. The monoisotopic (exact) mass is 338 g/mol. The summed E-state index contributed by atoms with van der Waals surface area (Å²) in [6, 6.07) is 3.40. The molecule has 2 N–H and O–H groups in total. The van der Waals surface area contributed by atoms with E-state index in [9.17, 15) is 18.0 Å². The normalized spacial score (nSPS) is 11.3. The number of carboxylic acids is 1. The average Bonchev–Trinajstić information content (AvgIpc) is 2.76. The number of aromatic nitrogens is 1. The molecule has 1 aromatic heterocycles. The summed E-state index contributed by atoms with van der Waals surface area (Å²) in [4.78, 5) is 23.2. The molecular weight excluding hydrogens is 324 g/mol. The summed E-state index contributed by atoms with van der Waals surface area (Å²) in [6.45, 7) is 3.14. The second-order valence-electron chi connectivity index (χ2n) is 4.98. The first-order valence-electron chi connectivity index (χ1n) is 6.42. The number of aryl methyl sites for hydroxylation is 2. The summed E-state index contributed by atoms with van der Waals surface area (Å²) in [5.74, 6) is -1.57. The Labute approximate surface area is 132 Å². The molecule has 2 aromatic rings. The van der Waals surface area contributed by atoms with E-state index in [1.807, 2.05) is 0 Å². The molecular formula is C14H14N2O6S. The van der Waals surface area contributed by atoms with Crippen LogP contribution >= 0.6 is 0 Å². The van der Waals surface area contributed by atoms with Crippen LogP contribution in [0.25, 0.3) is 0 Å². The van der Waals surface area contributed by atoms with E-state index in [4.69, 9.17) is 9.63 Å². The Morgan fingerprint density at radius 3 is 2.35 bits per heavy atom. The highest BCUT2D eigenvalue weighted by molar-refractivity contribution is 7.90. The first-order chi connectivity index (χ1) is 10.6. The van der Waals surface area contributed by atoms with E-state index in [1.165, 1.54) is 12.1 Å². The molecule has 8 nitrogen and oxygen atoms in total. The molecule has 122 valence electrons. The standard InChI is InChI=1S/C14H14N2O6S/c1-7-12(8(2)22-16-7)13(17)15-10-4-9(14(18)19)5-11(6-10)23(3,20)21/h4-6H,1-3H3,(H,15,17)(H,18,19). The smallest absolute Gasteiger partial charge is 0.335 e. The first-order valence-corrected chi connectivity index (χ1v) is 8.31. The zero-order chi connectivity index (χ0) is 17.4. The van der Waals surface area contributed by atoms with Crippen LogP contribution in [0.15, 0.2) is 27.6 Å². The molecule has 0 saturated carbocycles. The van der Waals surface area contributed by atoms with Crippen LogP contribution in [0, 0.1) is 13.8 Å². The Morgan fingerprint density at radius 2 is 1.87 bits per heavy atom. The molecule has 0 radical (unpaired) electrons. The van der Waals surface area contributed by atoms with Crippen LogP contribution < -0.4 is 5.32 Å². The molecule has 0 unspecified atom stereocenters. The Kier molecular flexibility index (Phi) is 4.24. The van der Waals surface area contributed by atoms with Gasteiger partial charge in [-0.1, -0.05) is 5.16 Å². The third-order valence-electron chi connectivity index (χ3n) is 3.10. The van der Waals surface area contributed by atoms with Gasteiger partial charge in [0.1, 0.15) is 11.3 Å². The van der Waals surface area contributed by atoms with Gasteiger partial charge in [0.15, 0.2) is 9.84 Å². The van der Waals surface area contributed by atoms with Crippen molar-refractivity contribution in [1.29, 1.82) is 0 Å². The van der Waals surface area contributed by atoms with Gasteiger partial charge in [-0.05, 0) is 32.0 Å². The third-order valence-corrected chi connectivity index (χ3v) is 4.19. The van der Waals surface area contributed by atoms with E-state index in [-0.39, 0.29) is 21.7 Å². The van der Waals surface area contributed by atoms with Gasteiger partial charge in [0.2, 0.25) is 0 Å². The van der Waals surface area contributed by atoms with Crippen LogP contribution in [0.4, 0.5) is 5.69 Å². The van der Waals surface area contributed by atoms with Gasteiger partial charge in [-0.2, -0.15) is 0 Å². The molecule has 0 saturated heterocycles. The van der Waals surface area contributed by atoms with Crippen molar-refractivity contribution in [3.8, 4) is 0 Å². The lowest BCUT2D eigenvalue weighted by molar-refractivity contribution is 0.0696. The number of aromatic carboxylic acids is 1. The summed E-state index contributed by atoms with van der Waals surface area (Å²) in [6.07, 6.45) is 0.952. The van der Waals surface area contributed by atoms with Crippen molar-refractivity contribution in [2.45, 2.75) is 18.7 Å². The van der Waals surface area contributed by atoms with Crippen LogP contribution in [0.1, 0.15) is 32.2 Å². The molecule has 9 heteroatoms. The van der Waals surface area contributed by atoms with Gasteiger partial charge < -0.3 is 14.9 Å². The number of sulfone groups is 1. The molecule has 23 heavy (non-hydrogen) atoms. The number of nitrogens with one attached hydrogen (secondary N) is 1. The lowest BCUT2D eigenvalue weighted by Gasteiger charge is -2.08. The van der Waals surface area contributed by atoms with E-state index in [0.717, 1.165) is 12.3 Å². The van der Waals surface area contributed by atoms with Crippen LogP contribution in [-0.2, 0) is 9.84 Å². The number of hydrogen-bond donors (Lipinski definition) is 2. The van der Waals surface area contributed by atoms with Crippen LogP contribution in [0.5, 0.6) is 0 Å². The summed E-state index contributed by atoms with van der Waals surface area (Å²) in [5.41, 5.74) is 0.390. The summed E-state index contributed by atoms with van der Waals surface area (Å²) < 4.78 is 28.2. The second kappa shape index (κ2) is 5.84. The fourth-order valence-electron chi connectivity index (χ4n) is 2.01. The zero-order valence-electron chi connectivity index (χ0n) is 12.6. The first kappa shape index (κ1) is 16.7. The van der Waals surface area contributed by atoms with Gasteiger partial charge in [0, 0.05) is 11.9 Å². The Balaban J connectivity index is 2.45. The van der Waals surface area contributed by atoms with Crippen molar-refractivity contribution in [3.63, 3.8) is 0 Å². The van der Waals surface area contributed by atoms with Gasteiger partial charge in [0.25, 0.3) is 5.91 Å². The van der Waals surface area contributed by atoms with E-state index in [1.54, 1.807) is 13.8 Å². The number of carboxylic acid groups (broad SMARTS) is 1. The molecule has 0 aliphatic rings. The van der Waals surface area contributed by atoms with Gasteiger partial charge >= 0.3 is 5.97 Å². The maximum absolute atomic E-state index is 12.3. The molecule has 0 spiro atoms. The van der Waals surface area contributed by atoms with E-state index in [0.29, 0.717) is 11.5 Å². The van der Waals surface area contributed by atoms with Gasteiger partial charge in [-0.3, -0.25) is 4.79 Å². The maximum Gasteiger partial charge on any atom is 0.335 e. The molecule has 0 aliphatic heterocycles. The number of nitrogens with zero attached hydrogens (tertiary/aromatic N) is 1. The molecule has 0 atom stereocenters. The fraction of sp³-hybridized carbons (Fsp3) is 0.214. The van der Waals surface area contributed by atoms with E-state index >= 15 is 0 Å². The molecule has 0 bridgehead atoms. The number of carbonyl (C=O) groups is 2. The molecule has 2 rings (SSSR count). The van der Waals surface area contributed by atoms with Crippen LogP contribution in [0.2, 0.25) is 0 Å². The Hall–Kier alpha value is -2.68. The predicted octanol–water partition coefficient (Wildman–Crippen LogP) is 1.65. The molecule has 1 heterocycles. The Bertz CT molecular complexity index is 878. The highest BCUT2D eigenvalue weighted by atomic mass is 32.2. The second-order valence-corrected chi connectivity index (χ2v) is 6.99. The van der Waals surface area contributed by atoms with Crippen molar-refractivity contribution in [3.05, 3.63) is 40.8 Å². The van der Waals surface area contributed by atoms with Crippen molar-refractivity contribution in [2.24, 2.45) is 0 Å². The number of carbonyl (C=O) groups excluding carboxylic acids is 1. The van der Waals surface area contributed by atoms with Crippen LogP contribution in [-0.4, -0.2) is 36.8 Å². The summed E-state index contributed by atoms with van der Waals surface area (Å²) in [5, 5.41) is 15.2. The number of hydrogen-bond acceptors (Lipinski definition) is 6. The minimum atomic E-state index is -3.63. The molecule has 0 fully saturated rings. The highest BCUT2D eigenvalue weighted by Crippen LogP contribution is 2.21. The van der Waals surface area contributed by atoms with Gasteiger partial charge in [0.05, 0.1) is 16.2 Å². The van der Waals surface area contributed by atoms with Crippen LogP contribution in [0.3, 0.4) is 0 Å². The lowest BCUT2D eigenvalue weighted by atomic mass is 10.1. The molecule has 1 amide bonds. The Morgan fingerprint density at radius 1 is 1.22 bits per heavy atom. The van der Waals surface area contributed by atoms with Crippen molar-refractivity contribution in [2.75, 3.05) is 11.6 Å². The number of rotatable bonds is 4. The third kappa shape index (κ3) is 3.57. The minimum absolute atomic E-state index is 0.0512. The van der Waals surface area contributed by atoms with Gasteiger partial charge in [-0.15, -0.1) is 0 Å².